The molecule has 84 valence electrons. The Balaban J connectivity index is 0.000000249. The molecule has 0 atom stereocenters. The van der Waals surface area contributed by atoms with Crippen molar-refractivity contribution in [1.29, 1.82) is 0 Å². The molecule has 0 aromatic carbocycles. The van der Waals surface area contributed by atoms with Crippen LogP contribution in [0.3, 0.4) is 0 Å². The Kier molecular flexibility index (Phi) is 10.0. The summed E-state index contributed by atoms with van der Waals surface area (Å²) in [5, 5.41) is 19.3. The van der Waals surface area contributed by atoms with Crippen molar-refractivity contribution in [3.8, 4) is 0 Å². The quantitative estimate of drug-likeness (QED) is 0.567. The average Bonchev–Trinajstić information content (AvgIpc) is 2.65. The number of hydrogen-bond acceptors (Lipinski definition) is 3. The number of nitrogens with one attached hydrogen (secondary N) is 1. The predicted molar refractivity (Wildman–Crippen MR) is 54.9 cm³/mol. The van der Waals surface area contributed by atoms with Crippen LogP contribution in [0.25, 0.3) is 0 Å². The van der Waals surface area contributed by atoms with Crippen LogP contribution in [0.1, 0.15) is 38.5 Å². The summed E-state index contributed by atoms with van der Waals surface area (Å²) in [5.74, 6) is 0.204. The van der Waals surface area contributed by atoms with Crippen LogP contribution in [0, 0.1) is 0 Å². The van der Waals surface area contributed by atoms with Crippen LogP contribution in [0.4, 0.5) is 0 Å². The predicted octanol–water partition coefficient (Wildman–Crippen LogP) is 0.428. The molecule has 0 radical (unpaired) electrons. The molecule has 0 spiro atoms. The zero-order valence-corrected chi connectivity index (χ0v) is 8.67. The van der Waals surface area contributed by atoms with Gasteiger partial charge in [0.25, 0.3) is 0 Å². The molecule has 1 aliphatic heterocycles. The van der Waals surface area contributed by atoms with Gasteiger partial charge in [-0.05, 0) is 19.3 Å². The summed E-state index contributed by atoms with van der Waals surface area (Å²) in [6.45, 7) is 1.45. The van der Waals surface area contributed by atoms with Crippen molar-refractivity contribution in [2.75, 3.05) is 19.8 Å². The molecule has 1 aliphatic rings. The van der Waals surface area contributed by atoms with Crippen molar-refractivity contribution in [3.05, 3.63) is 0 Å². The van der Waals surface area contributed by atoms with Gasteiger partial charge < -0.3 is 15.5 Å². The number of hydrogen-bond donors (Lipinski definition) is 3. The minimum atomic E-state index is 0.204. The van der Waals surface area contributed by atoms with Crippen LogP contribution in [0.2, 0.25) is 0 Å². The molecule has 1 amide bonds. The normalized spacial score (nSPS) is 14.6. The molecule has 1 fully saturated rings. The lowest BCUT2D eigenvalue weighted by Crippen LogP contribution is -2.12. The smallest absolute Gasteiger partial charge is 0.220 e. The van der Waals surface area contributed by atoms with Crippen LogP contribution in [0.15, 0.2) is 0 Å². The van der Waals surface area contributed by atoms with Crippen molar-refractivity contribution < 1.29 is 15.0 Å². The van der Waals surface area contributed by atoms with Gasteiger partial charge in [-0.15, -0.1) is 0 Å². The molecule has 14 heavy (non-hydrogen) atoms. The summed E-state index contributed by atoms with van der Waals surface area (Å²) < 4.78 is 0. The SMILES string of the molecule is O=C1CCCN1.OCCCCCCO. The topological polar surface area (TPSA) is 69.6 Å². The second-order valence-electron chi connectivity index (χ2n) is 3.31. The van der Waals surface area contributed by atoms with Crippen molar-refractivity contribution in [2.24, 2.45) is 0 Å². The first-order valence-corrected chi connectivity index (χ1v) is 5.29. The Bertz CT molecular complexity index is 125. The van der Waals surface area contributed by atoms with Gasteiger partial charge in [0.15, 0.2) is 0 Å². The molecule has 1 rings (SSSR count). The number of aliphatic hydroxyl groups excluding tert-OH is 2. The third-order valence-electron chi connectivity index (χ3n) is 1.97. The van der Waals surface area contributed by atoms with Crippen molar-refractivity contribution in [1.82, 2.24) is 5.32 Å². The van der Waals surface area contributed by atoms with Gasteiger partial charge >= 0.3 is 0 Å². The summed E-state index contributed by atoms with van der Waals surface area (Å²) >= 11 is 0. The van der Waals surface area contributed by atoms with Gasteiger partial charge in [0.05, 0.1) is 0 Å². The lowest BCUT2D eigenvalue weighted by molar-refractivity contribution is -0.119. The van der Waals surface area contributed by atoms with E-state index in [0.717, 1.165) is 45.1 Å². The van der Waals surface area contributed by atoms with Gasteiger partial charge in [0.2, 0.25) is 5.91 Å². The van der Waals surface area contributed by atoms with Gasteiger partial charge in [-0.3, -0.25) is 4.79 Å². The van der Waals surface area contributed by atoms with E-state index in [9.17, 15) is 4.79 Å². The van der Waals surface area contributed by atoms with E-state index in [1.807, 2.05) is 0 Å². The van der Waals surface area contributed by atoms with Crippen LogP contribution in [-0.4, -0.2) is 35.9 Å². The largest absolute Gasteiger partial charge is 0.396 e. The Labute approximate surface area is 85.3 Å². The highest BCUT2D eigenvalue weighted by Gasteiger charge is 2.05. The van der Waals surface area contributed by atoms with Crippen molar-refractivity contribution >= 4 is 5.91 Å². The van der Waals surface area contributed by atoms with Crippen LogP contribution in [0.5, 0.6) is 0 Å². The molecular formula is C10H21NO3. The maximum atomic E-state index is 10.1. The number of unbranched alkanes of at least 4 members (excludes halogenated alkanes) is 3. The highest BCUT2D eigenvalue weighted by molar-refractivity contribution is 5.77. The van der Waals surface area contributed by atoms with E-state index in [1.54, 1.807) is 0 Å². The second kappa shape index (κ2) is 10.5. The van der Waals surface area contributed by atoms with Crippen LogP contribution >= 0.6 is 0 Å². The fourth-order valence-corrected chi connectivity index (χ4v) is 1.14. The zero-order chi connectivity index (χ0) is 10.6. The number of rotatable bonds is 5. The van der Waals surface area contributed by atoms with E-state index in [0.29, 0.717) is 0 Å². The summed E-state index contributed by atoms with van der Waals surface area (Å²) in [6, 6.07) is 0. The molecule has 0 aromatic rings. The molecule has 4 nitrogen and oxygen atoms in total. The molecule has 3 N–H and O–H groups in total. The molecule has 1 heterocycles. The number of carbonyl (C=O) groups is 1. The van der Waals surface area contributed by atoms with E-state index in [4.69, 9.17) is 10.2 Å². The molecule has 0 aromatic heterocycles. The Hall–Kier alpha value is -0.610. The zero-order valence-electron chi connectivity index (χ0n) is 8.67. The number of carbonyl (C=O) groups excluding carboxylic acids is 1. The molecule has 4 heteroatoms. The number of amides is 1. The summed E-state index contributed by atoms with van der Waals surface area (Å²) in [7, 11) is 0. The lowest BCUT2D eigenvalue weighted by atomic mass is 10.2. The maximum Gasteiger partial charge on any atom is 0.220 e. The minimum absolute atomic E-state index is 0.204. The van der Waals surface area contributed by atoms with Gasteiger partial charge in [0.1, 0.15) is 0 Å². The standard InChI is InChI=1S/C6H14O2.C4H7NO/c7-5-3-1-2-4-6-8;6-4-2-1-3-5-4/h7-8H,1-6H2;1-3H2,(H,5,6). The van der Waals surface area contributed by atoms with Crippen LogP contribution < -0.4 is 5.32 Å². The van der Waals surface area contributed by atoms with Crippen molar-refractivity contribution in [3.63, 3.8) is 0 Å². The Morgan fingerprint density at radius 3 is 1.86 bits per heavy atom. The van der Waals surface area contributed by atoms with E-state index >= 15 is 0 Å². The van der Waals surface area contributed by atoms with E-state index in [-0.39, 0.29) is 19.1 Å². The van der Waals surface area contributed by atoms with Crippen molar-refractivity contribution in [2.45, 2.75) is 38.5 Å². The fourth-order valence-electron chi connectivity index (χ4n) is 1.14. The Morgan fingerprint density at radius 2 is 1.64 bits per heavy atom. The molecule has 0 aliphatic carbocycles. The van der Waals surface area contributed by atoms with Gasteiger partial charge in [-0.1, -0.05) is 12.8 Å². The Morgan fingerprint density at radius 1 is 1.07 bits per heavy atom. The fraction of sp³-hybridized carbons (Fsp3) is 0.900. The molecule has 0 unspecified atom stereocenters. The molecular weight excluding hydrogens is 182 g/mol. The van der Waals surface area contributed by atoms with E-state index < -0.39 is 0 Å². The minimum Gasteiger partial charge on any atom is -0.396 e. The first kappa shape index (κ1) is 13.4. The molecule has 1 saturated heterocycles. The van der Waals surface area contributed by atoms with Gasteiger partial charge in [-0.2, -0.15) is 0 Å². The average molecular weight is 203 g/mol. The van der Waals surface area contributed by atoms with Crippen LogP contribution in [-0.2, 0) is 4.79 Å². The number of aliphatic hydroxyl groups is 2. The summed E-state index contributed by atoms with van der Waals surface area (Å²) in [5.41, 5.74) is 0. The van der Waals surface area contributed by atoms with E-state index in [2.05, 4.69) is 5.32 Å². The summed E-state index contributed by atoms with van der Waals surface area (Å²) in [4.78, 5) is 10.1. The first-order valence-electron chi connectivity index (χ1n) is 5.29. The summed E-state index contributed by atoms with van der Waals surface area (Å²) in [6.07, 6.45) is 5.59. The monoisotopic (exact) mass is 203 g/mol. The highest BCUT2D eigenvalue weighted by atomic mass is 16.3. The highest BCUT2D eigenvalue weighted by Crippen LogP contribution is 1.96. The van der Waals surface area contributed by atoms with Gasteiger partial charge in [0, 0.05) is 26.2 Å². The molecule has 0 saturated carbocycles. The lowest BCUT2D eigenvalue weighted by Gasteiger charge is -1.93. The van der Waals surface area contributed by atoms with Gasteiger partial charge in [-0.25, -0.2) is 0 Å². The molecule has 0 bridgehead atoms. The third-order valence-corrected chi connectivity index (χ3v) is 1.97. The second-order valence-corrected chi connectivity index (χ2v) is 3.31. The first-order chi connectivity index (χ1) is 6.81. The van der Waals surface area contributed by atoms with E-state index in [1.165, 1.54) is 0 Å². The maximum absolute atomic E-state index is 10.1. The third kappa shape index (κ3) is 9.48.